The maximum absolute atomic E-state index is 15.3. The standard InChI is InChI=1S/C30H23F3N2O3/c31-22-8-6-21(7-9-22)30(20-4-2-1-3-5-20)37-27-18-25(26(33)19-28(27)38-30)29(36)35-16-14-34(15-17-35)24-12-10-23(32)11-13-24/h1-13,18-19H,14-17H2. The van der Waals surface area contributed by atoms with Gasteiger partial charge in [-0.25, -0.2) is 13.2 Å². The molecule has 2 heterocycles. The highest BCUT2D eigenvalue weighted by Gasteiger charge is 2.46. The summed E-state index contributed by atoms with van der Waals surface area (Å²) in [6.07, 6.45) is 0. The second kappa shape index (κ2) is 9.45. The molecular formula is C30H23F3N2O3. The number of fused-ring (bicyclic) bond motifs is 1. The molecule has 5 nitrogen and oxygen atoms in total. The van der Waals surface area contributed by atoms with Crippen molar-refractivity contribution in [2.24, 2.45) is 0 Å². The Morgan fingerprint density at radius 2 is 1.24 bits per heavy atom. The van der Waals surface area contributed by atoms with Gasteiger partial charge >= 0.3 is 5.79 Å². The van der Waals surface area contributed by atoms with Crippen LogP contribution in [0, 0.1) is 17.5 Å². The van der Waals surface area contributed by atoms with Crippen molar-refractivity contribution in [1.29, 1.82) is 0 Å². The van der Waals surface area contributed by atoms with Crippen molar-refractivity contribution >= 4 is 11.6 Å². The van der Waals surface area contributed by atoms with Crippen molar-refractivity contribution in [1.82, 2.24) is 4.90 Å². The Labute approximate surface area is 217 Å². The van der Waals surface area contributed by atoms with Crippen LogP contribution in [0.1, 0.15) is 21.5 Å². The number of amides is 1. The van der Waals surface area contributed by atoms with E-state index in [1.807, 2.05) is 18.2 Å². The van der Waals surface area contributed by atoms with Gasteiger partial charge in [-0.2, -0.15) is 0 Å². The maximum atomic E-state index is 15.3. The summed E-state index contributed by atoms with van der Waals surface area (Å²) in [5.74, 6) is -3.00. The van der Waals surface area contributed by atoms with Gasteiger partial charge in [-0.1, -0.05) is 30.3 Å². The second-order valence-electron chi connectivity index (χ2n) is 9.23. The lowest BCUT2D eigenvalue weighted by Gasteiger charge is -2.36. The van der Waals surface area contributed by atoms with Crippen LogP contribution < -0.4 is 14.4 Å². The van der Waals surface area contributed by atoms with E-state index in [4.69, 9.17) is 9.47 Å². The van der Waals surface area contributed by atoms with E-state index in [1.165, 1.54) is 30.3 Å². The van der Waals surface area contributed by atoms with E-state index in [1.54, 1.807) is 41.3 Å². The Balaban J connectivity index is 1.26. The van der Waals surface area contributed by atoms with E-state index in [9.17, 15) is 13.6 Å². The van der Waals surface area contributed by atoms with Crippen molar-refractivity contribution in [3.63, 3.8) is 0 Å². The van der Waals surface area contributed by atoms with Gasteiger partial charge in [-0.05, 0) is 54.6 Å². The molecule has 1 amide bonds. The van der Waals surface area contributed by atoms with Crippen LogP contribution in [0.15, 0.2) is 91.0 Å². The first-order chi connectivity index (χ1) is 18.4. The van der Waals surface area contributed by atoms with Gasteiger partial charge in [0.05, 0.1) is 5.56 Å². The molecule has 0 N–H and O–H groups in total. The highest BCUT2D eigenvalue weighted by molar-refractivity contribution is 5.95. The van der Waals surface area contributed by atoms with Crippen molar-refractivity contribution in [3.05, 3.63) is 125 Å². The number of anilines is 1. The highest BCUT2D eigenvalue weighted by atomic mass is 19.1. The molecule has 0 radical (unpaired) electrons. The summed E-state index contributed by atoms with van der Waals surface area (Å²) in [5.41, 5.74) is 1.90. The van der Waals surface area contributed by atoms with Gasteiger partial charge in [-0.15, -0.1) is 0 Å². The molecule has 1 unspecified atom stereocenters. The summed E-state index contributed by atoms with van der Waals surface area (Å²) in [7, 11) is 0. The average Bonchev–Trinajstić information content (AvgIpc) is 3.33. The Morgan fingerprint density at radius 3 is 1.87 bits per heavy atom. The van der Waals surface area contributed by atoms with E-state index >= 15 is 4.39 Å². The molecule has 1 atom stereocenters. The maximum Gasteiger partial charge on any atom is 0.305 e. The molecule has 0 aliphatic carbocycles. The first-order valence-corrected chi connectivity index (χ1v) is 12.3. The molecule has 0 aromatic heterocycles. The molecular weight excluding hydrogens is 493 g/mol. The minimum atomic E-state index is -1.47. The summed E-state index contributed by atoms with van der Waals surface area (Å²) >= 11 is 0. The molecule has 192 valence electrons. The van der Waals surface area contributed by atoms with Crippen LogP contribution in [0.25, 0.3) is 0 Å². The third kappa shape index (κ3) is 4.22. The number of rotatable bonds is 4. The number of hydrogen-bond acceptors (Lipinski definition) is 4. The van der Waals surface area contributed by atoms with Crippen LogP contribution in [-0.4, -0.2) is 37.0 Å². The number of carbonyl (C=O) groups excluding carboxylic acids is 1. The fraction of sp³-hybridized carbons (Fsp3) is 0.167. The molecule has 8 heteroatoms. The van der Waals surface area contributed by atoms with Crippen LogP contribution in [0.2, 0.25) is 0 Å². The first-order valence-electron chi connectivity index (χ1n) is 12.3. The van der Waals surface area contributed by atoms with E-state index in [2.05, 4.69) is 4.90 Å². The van der Waals surface area contributed by atoms with Gasteiger partial charge in [0.1, 0.15) is 17.5 Å². The van der Waals surface area contributed by atoms with Gasteiger partial charge in [0.25, 0.3) is 5.91 Å². The monoisotopic (exact) mass is 516 g/mol. The molecule has 4 aromatic rings. The van der Waals surface area contributed by atoms with Crippen LogP contribution in [0.5, 0.6) is 11.5 Å². The van der Waals surface area contributed by atoms with Crippen LogP contribution in [-0.2, 0) is 5.79 Å². The molecule has 0 bridgehead atoms. The Hall–Kier alpha value is -4.46. The lowest BCUT2D eigenvalue weighted by atomic mass is 9.97. The summed E-state index contributed by atoms with van der Waals surface area (Å²) < 4.78 is 54.7. The van der Waals surface area contributed by atoms with Crippen LogP contribution in [0.3, 0.4) is 0 Å². The fourth-order valence-electron chi connectivity index (χ4n) is 4.91. The lowest BCUT2D eigenvalue weighted by Crippen LogP contribution is -2.49. The zero-order valence-corrected chi connectivity index (χ0v) is 20.2. The van der Waals surface area contributed by atoms with E-state index < -0.39 is 23.3 Å². The Morgan fingerprint density at radius 1 is 0.684 bits per heavy atom. The van der Waals surface area contributed by atoms with Gasteiger partial charge in [0.15, 0.2) is 11.5 Å². The third-order valence-electron chi connectivity index (χ3n) is 6.91. The summed E-state index contributed by atoms with van der Waals surface area (Å²) in [6.45, 7) is 1.83. The molecule has 0 spiro atoms. The molecule has 6 rings (SSSR count). The largest absolute Gasteiger partial charge is 0.440 e. The van der Waals surface area contributed by atoms with Crippen molar-refractivity contribution in [2.45, 2.75) is 5.79 Å². The number of halogens is 3. The van der Waals surface area contributed by atoms with Gasteiger partial charge in [-0.3, -0.25) is 4.79 Å². The van der Waals surface area contributed by atoms with E-state index in [-0.39, 0.29) is 22.9 Å². The van der Waals surface area contributed by atoms with Crippen molar-refractivity contribution < 1.29 is 27.4 Å². The van der Waals surface area contributed by atoms with Crippen molar-refractivity contribution in [3.8, 4) is 11.5 Å². The fourth-order valence-corrected chi connectivity index (χ4v) is 4.91. The number of nitrogens with zero attached hydrogens (tertiary/aromatic N) is 2. The quantitative estimate of drug-likeness (QED) is 0.347. The van der Waals surface area contributed by atoms with Crippen LogP contribution in [0.4, 0.5) is 18.9 Å². The predicted molar refractivity (Wildman–Crippen MR) is 136 cm³/mol. The normalized spacial score (nSPS) is 18.5. The summed E-state index contributed by atoms with van der Waals surface area (Å²) in [4.78, 5) is 17.0. The van der Waals surface area contributed by atoms with E-state index in [0.29, 0.717) is 37.3 Å². The Kier molecular flexibility index (Phi) is 5.94. The second-order valence-corrected chi connectivity index (χ2v) is 9.23. The van der Waals surface area contributed by atoms with Gasteiger partial charge in [0.2, 0.25) is 0 Å². The number of hydrogen-bond donors (Lipinski definition) is 0. The van der Waals surface area contributed by atoms with Crippen molar-refractivity contribution in [2.75, 3.05) is 31.1 Å². The minimum absolute atomic E-state index is 0.120. The lowest BCUT2D eigenvalue weighted by molar-refractivity contribution is -0.0460. The first kappa shape index (κ1) is 23.9. The number of ether oxygens (including phenoxy) is 2. The molecule has 2 aliphatic rings. The minimum Gasteiger partial charge on any atom is -0.440 e. The van der Waals surface area contributed by atoms with Crippen LogP contribution >= 0.6 is 0 Å². The van der Waals surface area contributed by atoms with Gasteiger partial charge in [0, 0.05) is 49.1 Å². The molecule has 1 fully saturated rings. The topological polar surface area (TPSA) is 42.0 Å². The average molecular weight is 517 g/mol. The summed E-state index contributed by atoms with van der Waals surface area (Å²) in [6, 6.07) is 23.5. The van der Waals surface area contributed by atoms with E-state index in [0.717, 1.165) is 11.8 Å². The predicted octanol–water partition coefficient (Wildman–Crippen LogP) is 5.74. The number of carbonyl (C=O) groups is 1. The SMILES string of the molecule is O=C(c1cc2c(cc1F)OC(c1ccccc1)(c1ccc(F)cc1)O2)N1CCN(c2ccc(F)cc2)CC1. The zero-order chi connectivity index (χ0) is 26.3. The smallest absolute Gasteiger partial charge is 0.305 e. The molecule has 1 saturated heterocycles. The number of benzene rings is 4. The zero-order valence-electron chi connectivity index (χ0n) is 20.2. The molecule has 38 heavy (non-hydrogen) atoms. The Bertz CT molecular complexity index is 1470. The third-order valence-corrected chi connectivity index (χ3v) is 6.91. The molecule has 2 aliphatic heterocycles. The molecule has 0 saturated carbocycles. The number of piperazine rings is 1. The summed E-state index contributed by atoms with van der Waals surface area (Å²) in [5, 5.41) is 0. The molecule has 4 aromatic carbocycles. The highest BCUT2D eigenvalue weighted by Crippen LogP contribution is 2.48. The van der Waals surface area contributed by atoms with Gasteiger partial charge < -0.3 is 19.3 Å².